The first-order chi connectivity index (χ1) is 7.98. The Balaban J connectivity index is 3.19. The van der Waals surface area contributed by atoms with Crippen LogP contribution in [0.3, 0.4) is 0 Å². The lowest BCUT2D eigenvalue weighted by Crippen LogP contribution is -2.28. The highest BCUT2D eigenvalue weighted by Crippen LogP contribution is 2.22. The Morgan fingerprint density at radius 2 is 1.41 bits per heavy atom. The zero-order valence-electron chi connectivity index (χ0n) is 10.4. The Labute approximate surface area is 108 Å². The van der Waals surface area contributed by atoms with Gasteiger partial charge in [0.05, 0.1) is 0 Å². The molecule has 0 aliphatic carbocycles. The minimum atomic E-state index is -4.23. The summed E-state index contributed by atoms with van der Waals surface area (Å²) in [4.78, 5) is 0. The van der Waals surface area contributed by atoms with Crippen LogP contribution in [0.25, 0.3) is 0 Å². The molecule has 0 aliphatic heterocycles. The molecule has 0 saturated carbocycles. The second-order valence-corrected chi connectivity index (χ2v) is 4.70. The molecule has 0 heterocycles. The third kappa shape index (κ3) is 10.9. The van der Waals surface area contributed by atoms with Gasteiger partial charge < -0.3 is 4.74 Å². The summed E-state index contributed by atoms with van der Waals surface area (Å²) >= 11 is 4.13. The standard InChI is InChI=1S/C12H23F3OS/c1-11(12(13,14)15)16-9-7-5-3-2-4-6-8-10-17/h11,17H,2-10H2,1H3. The fraction of sp³-hybridized carbons (Fsp3) is 1.00. The first-order valence-corrected chi connectivity index (χ1v) is 6.91. The van der Waals surface area contributed by atoms with Crippen LogP contribution in [0, 0.1) is 0 Å². The largest absolute Gasteiger partial charge is 0.414 e. The predicted molar refractivity (Wildman–Crippen MR) is 67.6 cm³/mol. The van der Waals surface area contributed by atoms with Crippen molar-refractivity contribution in [1.82, 2.24) is 0 Å². The van der Waals surface area contributed by atoms with E-state index in [9.17, 15) is 13.2 Å². The van der Waals surface area contributed by atoms with Gasteiger partial charge in [0.25, 0.3) is 0 Å². The first kappa shape index (κ1) is 17.1. The van der Waals surface area contributed by atoms with Gasteiger partial charge in [-0.3, -0.25) is 0 Å². The summed E-state index contributed by atoms with van der Waals surface area (Å²) in [5.41, 5.74) is 0. The molecule has 0 saturated heterocycles. The molecule has 0 aromatic heterocycles. The molecule has 1 nitrogen and oxygen atoms in total. The average Bonchev–Trinajstić information content (AvgIpc) is 2.25. The number of hydrogen-bond acceptors (Lipinski definition) is 2. The number of alkyl halides is 3. The van der Waals surface area contributed by atoms with E-state index in [-0.39, 0.29) is 6.61 Å². The van der Waals surface area contributed by atoms with Gasteiger partial charge in [-0.2, -0.15) is 25.8 Å². The summed E-state index contributed by atoms with van der Waals surface area (Å²) in [5.74, 6) is 0.934. The smallest absolute Gasteiger partial charge is 0.369 e. The molecule has 0 amide bonds. The van der Waals surface area contributed by atoms with Crippen LogP contribution in [0.4, 0.5) is 13.2 Å². The van der Waals surface area contributed by atoms with Crippen molar-refractivity contribution in [2.45, 2.75) is 64.1 Å². The lowest BCUT2D eigenvalue weighted by atomic mass is 10.1. The van der Waals surface area contributed by atoms with Gasteiger partial charge in [-0.05, 0) is 25.5 Å². The second-order valence-electron chi connectivity index (χ2n) is 4.25. The van der Waals surface area contributed by atoms with Gasteiger partial charge >= 0.3 is 6.18 Å². The Morgan fingerprint density at radius 3 is 1.88 bits per heavy atom. The normalized spacial score (nSPS) is 13.9. The van der Waals surface area contributed by atoms with E-state index in [2.05, 4.69) is 12.6 Å². The fourth-order valence-corrected chi connectivity index (χ4v) is 1.68. The maximum Gasteiger partial charge on any atom is 0.414 e. The minimum Gasteiger partial charge on any atom is -0.369 e. The third-order valence-corrected chi connectivity index (χ3v) is 2.95. The first-order valence-electron chi connectivity index (χ1n) is 6.27. The van der Waals surface area contributed by atoms with Gasteiger partial charge in [-0.25, -0.2) is 0 Å². The summed E-state index contributed by atoms with van der Waals surface area (Å²) in [6, 6.07) is 0. The second kappa shape index (κ2) is 10.1. The van der Waals surface area contributed by atoms with Gasteiger partial charge in [0, 0.05) is 6.61 Å². The molecule has 0 aromatic rings. The topological polar surface area (TPSA) is 9.23 Å². The van der Waals surface area contributed by atoms with Crippen molar-refractivity contribution in [1.29, 1.82) is 0 Å². The molecule has 1 unspecified atom stereocenters. The maximum absolute atomic E-state index is 12.1. The molecular weight excluding hydrogens is 249 g/mol. The molecule has 0 aromatic carbocycles. The summed E-state index contributed by atoms with van der Waals surface area (Å²) < 4.78 is 40.9. The van der Waals surface area contributed by atoms with Crippen LogP contribution in [0.2, 0.25) is 0 Å². The molecule has 5 heteroatoms. The molecule has 0 spiro atoms. The van der Waals surface area contributed by atoms with Crippen LogP contribution in [0.1, 0.15) is 51.9 Å². The van der Waals surface area contributed by atoms with E-state index in [1.165, 1.54) is 12.8 Å². The molecule has 0 radical (unpaired) electrons. The van der Waals surface area contributed by atoms with Crippen molar-refractivity contribution < 1.29 is 17.9 Å². The Bertz CT molecular complexity index is 174. The van der Waals surface area contributed by atoms with E-state index < -0.39 is 12.3 Å². The van der Waals surface area contributed by atoms with Gasteiger partial charge in [0.1, 0.15) is 0 Å². The molecule has 17 heavy (non-hydrogen) atoms. The zero-order chi connectivity index (χ0) is 13.1. The lowest BCUT2D eigenvalue weighted by molar-refractivity contribution is -0.214. The molecule has 1 atom stereocenters. The Hall–Kier alpha value is 0.100. The minimum absolute atomic E-state index is 0.206. The van der Waals surface area contributed by atoms with E-state index in [1.54, 1.807) is 0 Å². The SMILES string of the molecule is CC(OCCCCCCCCCS)C(F)(F)F. The van der Waals surface area contributed by atoms with Crippen LogP contribution < -0.4 is 0 Å². The lowest BCUT2D eigenvalue weighted by Gasteiger charge is -2.16. The quantitative estimate of drug-likeness (QED) is 0.451. The van der Waals surface area contributed by atoms with Gasteiger partial charge in [0.15, 0.2) is 6.10 Å². The van der Waals surface area contributed by atoms with E-state index >= 15 is 0 Å². The number of thiol groups is 1. The van der Waals surface area contributed by atoms with E-state index in [0.29, 0.717) is 6.42 Å². The van der Waals surface area contributed by atoms with Crippen LogP contribution in [0.5, 0.6) is 0 Å². The fourth-order valence-electron chi connectivity index (χ4n) is 1.45. The van der Waals surface area contributed by atoms with Crippen LogP contribution in [0.15, 0.2) is 0 Å². The summed E-state index contributed by atoms with van der Waals surface area (Å²) in [6.45, 7) is 1.26. The van der Waals surface area contributed by atoms with Crippen molar-refractivity contribution in [2.75, 3.05) is 12.4 Å². The third-order valence-electron chi connectivity index (χ3n) is 2.63. The van der Waals surface area contributed by atoms with Crippen LogP contribution >= 0.6 is 12.6 Å². The van der Waals surface area contributed by atoms with Crippen LogP contribution in [-0.2, 0) is 4.74 Å². The molecule has 0 N–H and O–H groups in total. The van der Waals surface area contributed by atoms with Crippen LogP contribution in [-0.4, -0.2) is 24.6 Å². The number of rotatable bonds is 10. The Morgan fingerprint density at radius 1 is 0.941 bits per heavy atom. The molecule has 104 valence electrons. The molecule has 0 fully saturated rings. The van der Waals surface area contributed by atoms with Gasteiger partial charge in [0.2, 0.25) is 0 Å². The molecule has 0 bridgehead atoms. The summed E-state index contributed by atoms with van der Waals surface area (Å²) in [5, 5.41) is 0. The molecule has 0 aliphatic rings. The van der Waals surface area contributed by atoms with Crippen molar-refractivity contribution in [3.8, 4) is 0 Å². The predicted octanol–water partition coefficient (Wildman–Crippen LogP) is 4.61. The van der Waals surface area contributed by atoms with E-state index in [1.807, 2.05) is 0 Å². The van der Waals surface area contributed by atoms with Crippen molar-refractivity contribution in [2.24, 2.45) is 0 Å². The Kier molecular flexibility index (Phi) is 10.1. The van der Waals surface area contributed by atoms with E-state index in [0.717, 1.165) is 38.4 Å². The highest BCUT2D eigenvalue weighted by molar-refractivity contribution is 7.80. The molecule has 0 rings (SSSR count). The highest BCUT2D eigenvalue weighted by Gasteiger charge is 2.36. The number of ether oxygens (including phenoxy) is 1. The monoisotopic (exact) mass is 272 g/mol. The average molecular weight is 272 g/mol. The maximum atomic E-state index is 12.1. The zero-order valence-corrected chi connectivity index (χ0v) is 11.3. The number of unbranched alkanes of at least 4 members (excludes halogenated alkanes) is 6. The van der Waals surface area contributed by atoms with Crippen molar-refractivity contribution in [3.05, 3.63) is 0 Å². The van der Waals surface area contributed by atoms with Crippen molar-refractivity contribution in [3.63, 3.8) is 0 Å². The van der Waals surface area contributed by atoms with E-state index in [4.69, 9.17) is 4.74 Å². The number of halogens is 3. The summed E-state index contributed by atoms with van der Waals surface area (Å²) in [6.07, 6.45) is 1.57. The molecular formula is C12H23F3OS. The highest BCUT2D eigenvalue weighted by atomic mass is 32.1. The number of hydrogen-bond donors (Lipinski definition) is 1. The van der Waals surface area contributed by atoms with Gasteiger partial charge in [-0.1, -0.05) is 32.1 Å². The summed E-state index contributed by atoms with van der Waals surface area (Å²) in [7, 11) is 0. The van der Waals surface area contributed by atoms with Crippen molar-refractivity contribution >= 4 is 12.6 Å². The van der Waals surface area contributed by atoms with Gasteiger partial charge in [-0.15, -0.1) is 0 Å².